The smallest absolute Gasteiger partial charge is 0.407 e. The van der Waals surface area contributed by atoms with Gasteiger partial charge in [0.2, 0.25) is 5.91 Å². The van der Waals surface area contributed by atoms with Gasteiger partial charge in [-0.15, -0.1) is 0 Å². The zero-order valence-corrected chi connectivity index (χ0v) is 10.3. The molecule has 0 aromatic heterocycles. The fraction of sp³-hybridized carbons (Fsp3) is 0.727. The first-order valence-electron chi connectivity index (χ1n) is 5.56. The van der Waals surface area contributed by atoms with Crippen LogP contribution in [0.5, 0.6) is 0 Å². The summed E-state index contributed by atoms with van der Waals surface area (Å²) in [6.07, 6.45) is 0.467. The topological polar surface area (TPSA) is 84.5 Å². The third-order valence-corrected chi connectivity index (χ3v) is 2.34. The van der Waals surface area contributed by atoms with E-state index in [4.69, 9.17) is 4.74 Å². The van der Waals surface area contributed by atoms with Crippen LogP contribution in [0.15, 0.2) is 0 Å². The van der Waals surface area contributed by atoms with Crippen LogP contribution >= 0.6 is 0 Å². The molecule has 1 saturated heterocycles. The maximum Gasteiger partial charge on any atom is 0.407 e. The predicted molar refractivity (Wildman–Crippen MR) is 60.3 cm³/mol. The van der Waals surface area contributed by atoms with Gasteiger partial charge in [-0.25, -0.2) is 4.79 Å². The van der Waals surface area contributed by atoms with E-state index in [2.05, 4.69) is 10.6 Å². The van der Waals surface area contributed by atoms with Crippen LogP contribution in [0.4, 0.5) is 4.79 Å². The summed E-state index contributed by atoms with van der Waals surface area (Å²) in [6, 6.07) is -0.490. The Kier molecular flexibility index (Phi) is 4.09. The van der Waals surface area contributed by atoms with Crippen LogP contribution in [-0.4, -0.2) is 36.5 Å². The third-order valence-electron chi connectivity index (χ3n) is 2.34. The highest BCUT2D eigenvalue weighted by molar-refractivity contribution is 5.93. The minimum Gasteiger partial charge on any atom is -0.444 e. The van der Waals surface area contributed by atoms with Crippen LogP contribution in [0, 0.1) is 5.92 Å². The molecule has 96 valence electrons. The van der Waals surface area contributed by atoms with Crippen LogP contribution in [0.25, 0.3) is 0 Å². The van der Waals surface area contributed by atoms with Gasteiger partial charge in [0.25, 0.3) is 0 Å². The molecular weight excluding hydrogens is 224 g/mol. The van der Waals surface area contributed by atoms with Gasteiger partial charge in [-0.1, -0.05) is 0 Å². The van der Waals surface area contributed by atoms with Crippen molar-refractivity contribution in [1.82, 2.24) is 10.6 Å². The standard InChI is InChI=1S/C11H18N2O4/c1-11(2,3)17-10(16)13-8-4-5-12-9(15)7(8)6-14/h6-8H,4-5H2,1-3H3,(H,12,15)(H,13,16). The van der Waals surface area contributed by atoms with E-state index in [-0.39, 0.29) is 5.91 Å². The minimum absolute atomic E-state index is 0.354. The van der Waals surface area contributed by atoms with Crippen LogP contribution in [0.2, 0.25) is 0 Å². The third kappa shape index (κ3) is 4.05. The van der Waals surface area contributed by atoms with Crippen molar-refractivity contribution in [2.45, 2.75) is 38.8 Å². The minimum atomic E-state index is -0.837. The number of rotatable bonds is 2. The van der Waals surface area contributed by atoms with Crippen molar-refractivity contribution in [2.75, 3.05) is 6.54 Å². The van der Waals surface area contributed by atoms with Gasteiger partial charge in [-0.3, -0.25) is 4.79 Å². The highest BCUT2D eigenvalue weighted by atomic mass is 16.6. The first kappa shape index (κ1) is 13.5. The molecule has 2 unspecified atom stereocenters. The van der Waals surface area contributed by atoms with E-state index in [9.17, 15) is 14.4 Å². The van der Waals surface area contributed by atoms with Crippen LogP contribution < -0.4 is 10.6 Å². The number of piperidine rings is 1. The average molecular weight is 242 g/mol. The molecule has 2 N–H and O–H groups in total. The molecule has 2 amide bonds. The second-order valence-corrected chi connectivity index (χ2v) is 4.99. The molecule has 17 heavy (non-hydrogen) atoms. The summed E-state index contributed by atoms with van der Waals surface area (Å²) >= 11 is 0. The van der Waals surface area contributed by atoms with Crippen molar-refractivity contribution in [3.05, 3.63) is 0 Å². The second-order valence-electron chi connectivity index (χ2n) is 4.99. The lowest BCUT2D eigenvalue weighted by molar-refractivity contribution is -0.131. The summed E-state index contributed by atoms with van der Waals surface area (Å²) in [5, 5.41) is 5.13. The molecule has 1 fully saturated rings. The first-order valence-corrected chi connectivity index (χ1v) is 5.56. The quantitative estimate of drug-likeness (QED) is 0.535. The van der Waals surface area contributed by atoms with Gasteiger partial charge in [0.05, 0.1) is 6.04 Å². The number of alkyl carbamates (subject to hydrolysis) is 1. The Morgan fingerprint density at radius 2 is 2.18 bits per heavy atom. The van der Waals surface area contributed by atoms with Gasteiger partial charge < -0.3 is 20.2 Å². The number of aldehydes is 1. The Hall–Kier alpha value is -1.59. The number of carbonyl (C=O) groups excluding carboxylic acids is 3. The van der Waals surface area contributed by atoms with E-state index in [1.165, 1.54) is 0 Å². The number of amides is 2. The summed E-state index contributed by atoms with van der Waals surface area (Å²) in [4.78, 5) is 33.7. The molecular formula is C11H18N2O4. The van der Waals surface area contributed by atoms with Crippen molar-refractivity contribution < 1.29 is 19.1 Å². The lowest BCUT2D eigenvalue weighted by Gasteiger charge is -2.29. The molecule has 6 nitrogen and oxygen atoms in total. The van der Waals surface area contributed by atoms with E-state index in [0.29, 0.717) is 19.3 Å². The Morgan fingerprint density at radius 1 is 1.53 bits per heavy atom. The highest BCUT2D eigenvalue weighted by Crippen LogP contribution is 2.12. The second kappa shape index (κ2) is 5.16. The Bertz CT molecular complexity index is 322. The van der Waals surface area contributed by atoms with Gasteiger partial charge in [0.1, 0.15) is 17.8 Å². The summed E-state index contributed by atoms with van der Waals surface area (Å²) in [6.45, 7) is 5.69. The molecule has 0 saturated carbocycles. The summed E-state index contributed by atoms with van der Waals surface area (Å²) in [7, 11) is 0. The van der Waals surface area contributed by atoms with Gasteiger partial charge in [-0.05, 0) is 27.2 Å². The highest BCUT2D eigenvalue weighted by Gasteiger charge is 2.33. The zero-order valence-electron chi connectivity index (χ0n) is 10.3. The number of hydrogen-bond acceptors (Lipinski definition) is 4. The fourth-order valence-electron chi connectivity index (χ4n) is 1.61. The van der Waals surface area contributed by atoms with Crippen molar-refractivity contribution in [3.63, 3.8) is 0 Å². The van der Waals surface area contributed by atoms with Gasteiger partial charge in [0, 0.05) is 6.54 Å². The number of nitrogens with one attached hydrogen (secondary N) is 2. The van der Waals surface area contributed by atoms with Gasteiger partial charge in [-0.2, -0.15) is 0 Å². The van der Waals surface area contributed by atoms with E-state index in [0.717, 1.165) is 0 Å². The molecule has 0 aromatic rings. The molecule has 0 spiro atoms. The average Bonchev–Trinajstić information content (AvgIpc) is 2.14. The molecule has 1 aliphatic heterocycles. The van der Waals surface area contributed by atoms with Crippen molar-refractivity contribution in [3.8, 4) is 0 Å². The van der Waals surface area contributed by atoms with Crippen molar-refractivity contribution in [1.29, 1.82) is 0 Å². The maximum absolute atomic E-state index is 11.5. The molecule has 1 rings (SSSR count). The zero-order chi connectivity index (χ0) is 13.1. The molecule has 6 heteroatoms. The Morgan fingerprint density at radius 3 is 2.71 bits per heavy atom. The van der Waals surface area contributed by atoms with Crippen molar-refractivity contribution >= 4 is 18.3 Å². The molecule has 0 radical (unpaired) electrons. The fourth-order valence-corrected chi connectivity index (χ4v) is 1.61. The Labute approximate surface area is 100 Å². The van der Waals surface area contributed by atoms with E-state index in [1.807, 2.05) is 0 Å². The van der Waals surface area contributed by atoms with Crippen LogP contribution in [-0.2, 0) is 14.3 Å². The van der Waals surface area contributed by atoms with E-state index >= 15 is 0 Å². The molecule has 0 aromatic carbocycles. The van der Waals surface area contributed by atoms with Crippen molar-refractivity contribution in [2.24, 2.45) is 5.92 Å². The van der Waals surface area contributed by atoms with E-state index in [1.54, 1.807) is 20.8 Å². The lowest BCUT2D eigenvalue weighted by Crippen LogP contribution is -2.53. The van der Waals surface area contributed by atoms with Gasteiger partial charge >= 0.3 is 6.09 Å². The molecule has 0 aliphatic carbocycles. The Balaban J connectivity index is 2.57. The molecule has 1 heterocycles. The molecule has 0 bridgehead atoms. The lowest BCUT2D eigenvalue weighted by atomic mass is 9.94. The summed E-state index contributed by atoms with van der Waals surface area (Å²) in [5.74, 6) is -1.19. The maximum atomic E-state index is 11.5. The number of carbonyl (C=O) groups is 3. The van der Waals surface area contributed by atoms with Gasteiger partial charge in [0.15, 0.2) is 0 Å². The first-order chi connectivity index (χ1) is 7.83. The molecule has 1 aliphatic rings. The monoisotopic (exact) mass is 242 g/mol. The van der Waals surface area contributed by atoms with Crippen LogP contribution in [0.3, 0.4) is 0 Å². The summed E-state index contributed by atoms with van der Waals surface area (Å²) in [5.41, 5.74) is -0.600. The predicted octanol–water partition coefficient (Wildman–Crippen LogP) is 0.215. The SMILES string of the molecule is CC(C)(C)OC(=O)NC1CCNC(=O)C1C=O. The number of ether oxygens (including phenoxy) is 1. The summed E-state index contributed by atoms with van der Waals surface area (Å²) < 4.78 is 5.07. The molecule has 2 atom stereocenters. The normalized spacial score (nSPS) is 24.8. The number of hydrogen-bond donors (Lipinski definition) is 2. The largest absolute Gasteiger partial charge is 0.444 e. The van der Waals surface area contributed by atoms with E-state index < -0.39 is 23.7 Å². The van der Waals surface area contributed by atoms with Crippen LogP contribution in [0.1, 0.15) is 27.2 Å².